The molecule has 0 aromatic heterocycles. The third-order valence-corrected chi connectivity index (χ3v) is 1.85. The van der Waals surface area contributed by atoms with Gasteiger partial charge in [-0.05, 0) is 0 Å². The quantitative estimate of drug-likeness (QED) is 0.614. The van der Waals surface area contributed by atoms with Gasteiger partial charge in [0.05, 0.1) is 0 Å². The molecular formula is C8H9NV+2. The summed E-state index contributed by atoms with van der Waals surface area (Å²) in [6, 6.07) is 6.19. The Kier molecular flexibility index (Phi) is 2.41. The van der Waals surface area contributed by atoms with Crippen LogP contribution in [0.3, 0.4) is 0 Å². The van der Waals surface area contributed by atoms with Crippen molar-refractivity contribution in [3.8, 4) is 0 Å². The van der Waals surface area contributed by atoms with Crippen LogP contribution in [0.15, 0.2) is 22.0 Å². The van der Waals surface area contributed by atoms with E-state index in [0.717, 1.165) is 5.69 Å². The van der Waals surface area contributed by atoms with Gasteiger partial charge in [-0.1, -0.05) is 0 Å². The van der Waals surface area contributed by atoms with Gasteiger partial charge in [0.25, 0.3) is 0 Å². The summed E-state index contributed by atoms with van der Waals surface area (Å²) in [7, 11) is 0. The average molecular weight is 170 g/mol. The number of hydrogen-bond donors (Lipinski definition) is 0. The van der Waals surface area contributed by atoms with E-state index >= 15 is 0 Å². The molecule has 0 heterocycles. The standard InChI is InChI=1S/C8H9N.V/c1-6-4-3-5-7(2)8(6)9;/h3-5H,1-2H3;/q;+2. The molecule has 0 bridgehead atoms. The van der Waals surface area contributed by atoms with Crippen molar-refractivity contribution in [1.29, 1.82) is 0 Å². The monoisotopic (exact) mass is 170 g/mol. The molecule has 0 radical (unpaired) electrons. The van der Waals surface area contributed by atoms with Crippen molar-refractivity contribution in [2.24, 2.45) is 3.79 Å². The molecule has 0 aliphatic rings. The first-order valence-corrected chi connectivity index (χ1v) is 3.79. The maximum atomic E-state index is 4.11. The molecule has 2 heteroatoms. The SMILES string of the molecule is Cc1cccc(C)c1[N]=[V+2]. The molecular weight excluding hydrogens is 161 g/mol. The van der Waals surface area contributed by atoms with Crippen LogP contribution in [0.1, 0.15) is 11.1 Å². The molecule has 0 unspecified atom stereocenters. The zero-order valence-electron chi connectivity index (χ0n) is 6.13. The fourth-order valence-electron chi connectivity index (χ4n) is 0.963. The Morgan fingerprint density at radius 3 is 2.00 bits per heavy atom. The van der Waals surface area contributed by atoms with Crippen molar-refractivity contribution in [1.82, 2.24) is 0 Å². The van der Waals surface area contributed by atoms with E-state index in [2.05, 4.69) is 47.0 Å². The van der Waals surface area contributed by atoms with Gasteiger partial charge in [0.2, 0.25) is 0 Å². The Balaban J connectivity index is 3.30. The Bertz CT molecular complexity index is 235. The molecule has 0 amide bonds. The third kappa shape index (κ3) is 1.36. The number of aryl methyl sites for hydroxylation is 2. The second-order valence-electron chi connectivity index (χ2n) is 2.34. The summed E-state index contributed by atoms with van der Waals surface area (Å²) >= 11 is 2.25. The van der Waals surface area contributed by atoms with Crippen molar-refractivity contribution in [3.05, 3.63) is 29.3 Å². The van der Waals surface area contributed by atoms with Crippen LogP contribution in [0, 0.1) is 13.8 Å². The summed E-state index contributed by atoms with van der Waals surface area (Å²) in [5.41, 5.74) is 3.57. The molecule has 0 aliphatic heterocycles. The van der Waals surface area contributed by atoms with E-state index in [1.165, 1.54) is 11.1 Å². The van der Waals surface area contributed by atoms with Crippen molar-refractivity contribution >= 4 is 5.69 Å². The molecule has 0 fully saturated rings. The van der Waals surface area contributed by atoms with E-state index in [4.69, 9.17) is 0 Å². The maximum absolute atomic E-state index is 4.11. The van der Waals surface area contributed by atoms with Crippen molar-refractivity contribution < 1.29 is 17.2 Å². The molecule has 0 aliphatic carbocycles. The Hall–Kier alpha value is -0.396. The van der Waals surface area contributed by atoms with Gasteiger partial charge in [-0.2, -0.15) is 0 Å². The van der Waals surface area contributed by atoms with E-state index in [1.807, 2.05) is 6.07 Å². The van der Waals surface area contributed by atoms with E-state index < -0.39 is 0 Å². The molecule has 0 spiro atoms. The van der Waals surface area contributed by atoms with E-state index in [-0.39, 0.29) is 0 Å². The first-order chi connectivity index (χ1) is 4.75. The number of nitrogens with zero attached hydrogens (tertiary/aromatic N) is 1. The van der Waals surface area contributed by atoms with Crippen molar-refractivity contribution in [2.75, 3.05) is 0 Å². The van der Waals surface area contributed by atoms with Crippen LogP contribution in [0.4, 0.5) is 5.69 Å². The summed E-state index contributed by atoms with van der Waals surface area (Å²) in [6.45, 7) is 4.14. The third-order valence-electron chi connectivity index (χ3n) is 1.54. The van der Waals surface area contributed by atoms with Gasteiger partial charge in [-0.25, -0.2) is 0 Å². The summed E-state index contributed by atoms with van der Waals surface area (Å²) in [4.78, 5) is 0. The molecule has 0 atom stereocenters. The van der Waals surface area contributed by atoms with Crippen LogP contribution in [0.25, 0.3) is 0 Å². The molecule has 49 valence electrons. The van der Waals surface area contributed by atoms with Gasteiger partial charge in [-0.15, -0.1) is 0 Å². The van der Waals surface area contributed by atoms with E-state index in [0.29, 0.717) is 0 Å². The van der Waals surface area contributed by atoms with Crippen LogP contribution in [0.2, 0.25) is 0 Å². The first-order valence-electron chi connectivity index (χ1n) is 3.17. The van der Waals surface area contributed by atoms with Crippen LogP contribution < -0.4 is 0 Å². The molecule has 1 aromatic carbocycles. The van der Waals surface area contributed by atoms with Crippen LogP contribution in [-0.4, -0.2) is 0 Å². The molecule has 0 N–H and O–H groups in total. The zero-order chi connectivity index (χ0) is 7.56. The second-order valence-corrected chi connectivity index (χ2v) is 2.65. The first kappa shape index (κ1) is 7.71. The van der Waals surface area contributed by atoms with Crippen LogP contribution >= 0.6 is 0 Å². The van der Waals surface area contributed by atoms with Crippen molar-refractivity contribution in [2.45, 2.75) is 13.8 Å². The molecule has 1 nitrogen and oxygen atoms in total. The Morgan fingerprint density at radius 1 is 1.20 bits per heavy atom. The summed E-state index contributed by atoms with van der Waals surface area (Å²) in [6.07, 6.45) is 0. The van der Waals surface area contributed by atoms with Crippen LogP contribution in [-0.2, 0) is 17.2 Å². The minimum atomic E-state index is 1.10. The van der Waals surface area contributed by atoms with Gasteiger partial charge >= 0.3 is 69.9 Å². The van der Waals surface area contributed by atoms with Gasteiger partial charge in [-0.3, -0.25) is 0 Å². The van der Waals surface area contributed by atoms with Crippen LogP contribution in [0.5, 0.6) is 0 Å². The summed E-state index contributed by atoms with van der Waals surface area (Å²) < 4.78 is 4.11. The molecule has 10 heavy (non-hydrogen) atoms. The van der Waals surface area contributed by atoms with E-state index in [9.17, 15) is 0 Å². The Morgan fingerprint density at radius 2 is 1.70 bits per heavy atom. The Labute approximate surface area is 70.2 Å². The predicted molar refractivity (Wildman–Crippen MR) is 38.0 cm³/mol. The zero-order valence-corrected chi connectivity index (χ0v) is 7.52. The number of hydrogen-bond acceptors (Lipinski definition) is 1. The molecule has 0 saturated carbocycles. The molecule has 1 aromatic rings. The number of benzene rings is 1. The van der Waals surface area contributed by atoms with Gasteiger partial charge in [0.15, 0.2) is 0 Å². The number of rotatable bonds is 1. The average Bonchev–Trinajstić information content (AvgIpc) is 1.88. The van der Waals surface area contributed by atoms with Gasteiger partial charge < -0.3 is 0 Å². The molecule has 1 rings (SSSR count). The second kappa shape index (κ2) is 3.13. The predicted octanol–water partition coefficient (Wildman–Crippen LogP) is 2.67. The normalized spacial score (nSPS) is 9.60. The summed E-state index contributed by atoms with van der Waals surface area (Å²) in [5.74, 6) is 0. The minimum absolute atomic E-state index is 1.10. The fourth-order valence-corrected chi connectivity index (χ4v) is 1.46. The van der Waals surface area contributed by atoms with Crippen molar-refractivity contribution in [3.63, 3.8) is 0 Å². The molecule has 0 saturated heterocycles. The van der Waals surface area contributed by atoms with Gasteiger partial charge in [0, 0.05) is 0 Å². The fraction of sp³-hybridized carbons (Fsp3) is 0.250. The van der Waals surface area contributed by atoms with E-state index in [1.54, 1.807) is 0 Å². The summed E-state index contributed by atoms with van der Waals surface area (Å²) in [5, 5.41) is 0. The topological polar surface area (TPSA) is 12.4 Å². The van der Waals surface area contributed by atoms with Gasteiger partial charge in [0.1, 0.15) is 0 Å².